The quantitative estimate of drug-likeness (QED) is 0.838. The van der Waals surface area contributed by atoms with Crippen LogP contribution in [-0.2, 0) is 11.2 Å². The highest BCUT2D eigenvalue weighted by Crippen LogP contribution is 2.14. The fourth-order valence-electron chi connectivity index (χ4n) is 2.69. The third-order valence-electron chi connectivity index (χ3n) is 3.83. The molecule has 1 fully saturated rings. The van der Waals surface area contributed by atoms with Gasteiger partial charge in [0.15, 0.2) is 0 Å². The smallest absolute Gasteiger partial charge is 0.220 e. The van der Waals surface area contributed by atoms with E-state index < -0.39 is 0 Å². The summed E-state index contributed by atoms with van der Waals surface area (Å²) in [5.74, 6) is 0.494. The monoisotopic (exact) mass is 278 g/mol. The number of carbonyl (C=O) groups is 1. The van der Waals surface area contributed by atoms with Gasteiger partial charge in [-0.2, -0.15) is 0 Å². The fourth-order valence-corrected chi connectivity index (χ4v) is 2.69. The number of benzene rings is 1. The van der Waals surface area contributed by atoms with Crippen LogP contribution < -0.4 is 10.6 Å². The van der Waals surface area contributed by atoms with Crippen molar-refractivity contribution in [1.82, 2.24) is 10.6 Å². The molecule has 1 saturated heterocycles. The van der Waals surface area contributed by atoms with Crippen molar-refractivity contribution in [2.75, 3.05) is 13.1 Å². The fraction of sp³-hybridized carbons (Fsp3) is 0.562. The molecule has 1 aliphatic rings. The third-order valence-corrected chi connectivity index (χ3v) is 3.83. The molecule has 1 aromatic carbocycles. The molecule has 0 aliphatic carbocycles. The maximum absolute atomic E-state index is 13.5. The molecule has 0 aromatic heterocycles. The van der Waals surface area contributed by atoms with Gasteiger partial charge in [0, 0.05) is 12.5 Å². The molecule has 0 saturated carbocycles. The molecule has 1 aromatic rings. The van der Waals surface area contributed by atoms with Gasteiger partial charge in [-0.1, -0.05) is 18.2 Å². The lowest BCUT2D eigenvalue weighted by Crippen LogP contribution is -2.34. The van der Waals surface area contributed by atoms with Gasteiger partial charge >= 0.3 is 0 Å². The largest absolute Gasteiger partial charge is 0.353 e. The maximum atomic E-state index is 13.5. The second kappa shape index (κ2) is 7.39. The summed E-state index contributed by atoms with van der Waals surface area (Å²) in [4.78, 5) is 11.9. The zero-order chi connectivity index (χ0) is 14.4. The Morgan fingerprint density at radius 2 is 2.30 bits per heavy atom. The molecule has 1 amide bonds. The molecule has 2 unspecified atom stereocenters. The summed E-state index contributed by atoms with van der Waals surface area (Å²) in [7, 11) is 0. The topological polar surface area (TPSA) is 41.1 Å². The molecule has 110 valence electrons. The van der Waals surface area contributed by atoms with Crippen LogP contribution in [0.25, 0.3) is 0 Å². The first-order valence-electron chi connectivity index (χ1n) is 7.38. The van der Waals surface area contributed by atoms with Gasteiger partial charge in [-0.25, -0.2) is 4.39 Å². The first-order chi connectivity index (χ1) is 9.65. The van der Waals surface area contributed by atoms with E-state index >= 15 is 0 Å². The predicted molar refractivity (Wildman–Crippen MR) is 77.9 cm³/mol. The first kappa shape index (κ1) is 15.0. The molecule has 20 heavy (non-hydrogen) atoms. The van der Waals surface area contributed by atoms with Gasteiger partial charge in [0.05, 0.1) is 0 Å². The Balaban J connectivity index is 1.72. The molecular formula is C16H23FN2O. The van der Waals surface area contributed by atoms with Crippen LogP contribution in [0.3, 0.4) is 0 Å². The van der Waals surface area contributed by atoms with Crippen molar-refractivity contribution in [2.24, 2.45) is 5.92 Å². The highest BCUT2D eigenvalue weighted by molar-refractivity contribution is 5.76. The molecule has 2 rings (SSSR count). The van der Waals surface area contributed by atoms with E-state index in [1.165, 1.54) is 6.07 Å². The van der Waals surface area contributed by atoms with E-state index in [-0.39, 0.29) is 17.8 Å². The number of nitrogens with one attached hydrogen (secondary N) is 2. The summed E-state index contributed by atoms with van der Waals surface area (Å²) in [6.45, 7) is 4.01. The first-order valence-corrected chi connectivity index (χ1v) is 7.38. The van der Waals surface area contributed by atoms with Crippen LogP contribution in [0.1, 0.15) is 31.7 Å². The van der Waals surface area contributed by atoms with E-state index in [1.807, 2.05) is 13.0 Å². The molecule has 1 heterocycles. The van der Waals surface area contributed by atoms with Crippen molar-refractivity contribution in [2.45, 2.75) is 38.6 Å². The molecule has 0 spiro atoms. The van der Waals surface area contributed by atoms with Crippen molar-refractivity contribution >= 4 is 5.91 Å². The number of amides is 1. The normalized spacial score (nSPS) is 19.8. The van der Waals surface area contributed by atoms with E-state index in [2.05, 4.69) is 10.6 Å². The second-order valence-electron chi connectivity index (χ2n) is 5.66. The number of carbonyl (C=O) groups excluding carboxylic acids is 1. The summed E-state index contributed by atoms with van der Waals surface area (Å²) in [6.07, 6.45) is 3.20. The summed E-state index contributed by atoms with van der Waals surface area (Å²) < 4.78 is 13.5. The van der Waals surface area contributed by atoms with Crippen molar-refractivity contribution in [3.63, 3.8) is 0 Å². The number of rotatable bonds is 6. The van der Waals surface area contributed by atoms with Crippen molar-refractivity contribution in [3.05, 3.63) is 35.6 Å². The second-order valence-corrected chi connectivity index (χ2v) is 5.66. The summed E-state index contributed by atoms with van der Waals surface area (Å²) >= 11 is 0. The molecule has 2 N–H and O–H groups in total. The Bertz CT molecular complexity index is 444. The minimum absolute atomic E-state index is 0.0406. The third kappa shape index (κ3) is 4.60. The van der Waals surface area contributed by atoms with Gasteiger partial charge in [-0.15, -0.1) is 0 Å². The van der Waals surface area contributed by atoms with Crippen LogP contribution in [0.5, 0.6) is 0 Å². The molecule has 1 aliphatic heterocycles. The van der Waals surface area contributed by atoms with Gasteiger partial charge in [0.1, 0.15) is 5.82 Å². The Morgan fingerprint density at radius 1 is 1.50 bits per heavy atom. The average molecular weight is 278 g/mol. The van der Waals surface area contributed by atoms with E-state index in [4.69, 9.17) is 0 Å². The summed E-state index contributed by atoms with van der Waals surface area (Å²) in [6, 6.07) is 6.68. The highest BCUT2D eigenvalue weighted by atomic mass is 19.1. The predicted octanol–water partition coefficient (Wildman–Crippen LogP) is 2.26. The molecule has 3 nitrogen and oxygen atoms in total. The lowest BCUT2D eigenvalue weighted by molar-refractivity contribution is -0.121. The van der Waals surface area contributed by atoms with Crippen LogP contribution in [-0.4, -0.2) is 25.0 Å². The van der Waals surface area contributed by atoms with Crippen molar-refractivity contribution in [1.29, 1.82) is 0 Å². The molecule has 0 bridgehead atoms. The summed E-state index contributed by atoms with van der Waals surface area (Å²) in [5.41, 5.74) is 0.653. The molecule has 2 atom stereocenters. The van der Waals surface area contributed by atoms with Gasteiger partial charge in [0.25, 0.3) is 0 Å². The van der Waals surface area contributed by atoms with Crippen LogP contribution >= 0.6 is 0 Å². The van der Waals surface area contributed by atoms with Gasteiger partial charge < -0.3 is 10.6 Å². The Morgan fingerprint density at radius 3 is 3.00 bits per heavy atom. The van der Waals surface area contributed by atoms with Crippen molar-refractivity contribution in [3.8, 4) is 0 Å². The van der Waals surface area contributed by atoms with Crippen LogP contribution in [0, 0.1) is 11.7 Å². The van der Waals surface area contributed by atoms with Crippen LogP contribution in [0.4, 0.5) is 4.39 Å². The van der Waals surface area contributed by atoms with Gasteiger partial charge in [0.2, 0.25) is 5.91 Å². The maximum Gasteiger partial charge on any atom is 0.220 e. The summed E-state index contributed by atoms with van der Waals surface area (Å²) in [5, 5.41) is 6.26. The highest BCUT2D eigenvalue weighted by Gasteiger charge is 2.16. The van der Waals surface area contributed by atoms with Gasteiger partial charge in [-0.05, 0) is 56.8 Å². The Hall–Kier alpha value is -1.42. The average Bonchev–Trinajstić information content (AvgIpc) is 2.92. The van der Waals surface area contributed by atoms with Crippen LogP contribution in [0.15, 0.2) is 24.3 Å². The number of hydrogen-bond acceptors (Lipinski definition) is 2. The SMILES string of the molecule is CC(Cc1ccccc1F)NC(=O)CCC1CCNC1. The van der Waals surface area contributed by atoms with E-state index in [0.717, 1.165) is 25.9 Å². The number of hydrogen-bond donors (Lipinski definition) is 2. The lowest BCUT2D eigenvalue weighted by Gasteiger charge is -2.15. The van der Waals surface area contributed by atoms with E-state index in [1.54, 1.807) is 12.1 Å². The zero-order valence-electron chi connectivity index (χ0n) is 12.0. The van der Waals surface area contributed by atoms with Gasteiger partial charge in [-0.3, -0.25) is 4.79 Å². The lowest BCUT2D eigenvalue weighted by atomic mass is 10.0. The molecular weight excluding hydrogens is 255 g/mol. The van der Waals surface area contributed by atoms with Crippen LogP contribution in [0.2, 0.25) is 0 Å². The minimum atomic E-state index is -0.203. The zero-order valence-corrected chi connectivity index (χ0v) is 12.0. The van der Waals surface area contributed by atoms with E-state index in [0.29, 0.717) is 24.3 Å². The van der Waals surface area contributed by atoms with Crippen molar-refractivity contribution < 1.29 is 9.18 Å². The minimum Gasteiger partial charge on any atom is -0.353 e. The molecule has 0 radical (unpaired) electrons. The Labute approximate surface area is 120 Å². The number of halogens is 1. The molecule has 4 heteroatoms. The Kier molecular flexibility index (Phi) is 5.53. The standard InChI is InChI=1S/C16H23FN2O/c1-12(10-14-4-2-3-5-15(14)17)19-16(20)7-6-13-8-9-18-11-13/h2-5,12-13,18H,6-11H2,1H3,(H,19,20). The van der Waals surface area contributed by atoms with E-state index in [9.17, 15) is 9.18 Å².